The van der Waals surface area contributed by atoms with Crippen LogP contribution in [-0.4, -0.2) is 34.3 Å². The van der Waals surface area contributed by atoms with Crippen LogP contribution < -0.4 is 11.3 Å². The van der Waals surface area contributed by atoms with Crippen molar-refractivity contribution in [3.63, 3.8) is 0 Å². The number of halogens is 1. The van der Waals surface area contributed by atoms with Crippen molar-refractivity contribution in [2.45, 2.75) is 32.0 Å². The zero-order valence-electron chi connectivity index (χ0n) is 15.7. The van der Waals surface area contributed by atoms with Gasteiger partial charge in [0.15, 0.2) is 10.9 Å². The molecule has 0 radical (unpaired) electrons. The Morgan fingerprint density at radius 1 is 1.46 bits per heavy atom. The molecule has 0 aliphatic heterocycles. The third-order valence-corrected chi connectivity index (χ3v) is 5.34. The molecule has 9 heteroatoms. The molecule has 1 heterocycles. The number of ketones is 1. The highest BCUT2D eigenvalue weighted by Gasteiger charge is 2.16. The number of nitriles is 1. The number of nitrogens with zero attached hydrogens (tertiary/aromatic N) is 3. The van der Waals surface area contributed by atoms with Crippen LogP contribution >= 0.6 is 27.7 Å². The van der Waals surface area contributed by atoms with E-state index in [0.717, 1.165) is 16.2 Å². The van der Waals surface area contributed by atoms with E-state index in [9.17, 15) is 9.59 Å². The molecule has 2 aromatic rings. The number of nitrogens with two attached hydrogens (primary N) is 1. The molecular formula is C19H21BrN4O3S. The Hall–Kier alpha value is -2.15. The Bertz CT molecular complexity index is 1010. The maximum Gasteiger partial charge on any atom is 0.262 e. The van der Waals surface area contributed by atoms with Gasteiger partial charge in [-0.25, -0.2) is 4.98 Å². The second kappa shape index (κ2) is 10.4. The maximum atomic E-state index is 13.0. The van der Waals surface area contributed by atoms with Crippen molar-refractivity contribution in [1.29, 1.82) is 5.26 Å². The van der Waals surface area contributed by atoms with Crippen LogP contribution in [0.25, 0.3) is 10.9 Å². The van der Waals surface area contributed by atoms with Crippen LogP contribution in [0.15, 0.2) is 43.9 Å². The number of hydrogen-bond acceptors (Lipinski definition) is 7. The van der Waals surface area contributed by atoms with E-state index in [1.54, 1.807) is 16.7 Å². The van der Waals surface area contributed by atoms with Crippen LogP contribution in [0, 0.1) is 11.3 Å². The Kier molecular flexibility index (Phi) is 8.23. The zero-order chi connectivity index (χ0) is 20.7. The molecule has 0 unspecified atom stereocenters. The number of aromatic nitrogens is 2. The Morgan fingerprint density at radius 3 is 2.86 bits per heavy atom. The Morgan fingerprint density at radius 2 is 2.21 bits per heavy atom. The minimum Gasteiger partial charge on any atom is -0.401 e. The molecule has 2 rings (SSSR count). The maximum absolute atomic E-state index is 13.0. The van der Waals surface area contributed by atoms with Crippen LogP contribution in [0.3, 0.4) is 0 Å². The third kappa shape index (κ3) is 5.44. The second-order valence-corrected chi connectivity index (χ2v) is 7.80. The van der Waals surface area contributed by atoms with Crippen molar-refractivity contribution in [3.8, 4) is 6.07 Å². The van der Waals surface area contributed by atoms with Crippen LogP contribution in [0.5, 0.6) is 0 Å². The molecule has 0 bridgehead atoms. The molecule has 2 N–H and O–H groups in total. The van der Waals surface area contributed by atoms with E-state index in [1.165, 1.54) is 6.92 Å². The molecule has 148 valence electrons. The lowest BCUT2D eigenvalue weighted by Crippen LogP contribution is -2.24. The minimum atomic E-state index is -0.390. The molecule has 7 nitrogen and oxygen atoms in total. The van der Waals surface area contributed by atoms with Crippen LogP contribution in [0.2, 0.25) is 0 Å². The molecule has 0 aliphatic rings. The molecule has 0 saturated carbocycles. The van der Waals surface area contributed by atoms with Crippen molar-refractivity contribution < 1.29 is 9.53 Å². The fourth-order valence-electron chi connectivity index (χ4n) is 2.52. The predicted octanol–water partition coefficient (Wildman–Crippen LogP) is 3.00. The molecule has 1 aromatic carbocycles. The summed E-state index contributed by atoms with van der Waals surface area (Å²) in [6, 6.07) is 7.12. The monoisotopic (exact) mass is 464 g/mol. The van der Waals surface area contributed by atoms with Gasteiger partial charge in [-0.3, -0.25) is 14.2 Å². The fourth-order valence-corrected chi connectivity index (χ4v) is 3.78. The molecular weight excluding hydrogens is 444 g/mol. The SMILES string of the molecule is CCOCCCn1c(SCC(=O)/C(C#N)=C(\C)N)nc2ccc(Br)cc2c1=O. The van der Waals surface area contributed by atoms with Crippen LogP contribution in [0.4, 0.5) is 0 Å². The average molecular weight is 465 g/mol. The van der Waals surface area contributed by atoms with Gasteiger partial charge in [-0.2, -0.15) is 5.26 Å². The highest BCUT2D eigenvalue weighted by molar-refractivity contribution is 9.10. The lowest BCUT2D eigenvalue weighted by Gasteiger charge is -2.13. The van der Waals surface area contributed by atoms with Crippen molar-refractivity contribution >= 4 is 44.4 Å². The molecule has 0 spiro atoms. The molecule has 0 atom stereocenters. The van der Waals surface area contributed by atoms with Gasteiger partial charge < -0.3 is 10.5 Å². The van der Waals surface area contributed by atoms with Crippen molar-refractivity contribution in [2.75, 3.05) is 19.0 Å². The smallest absolute Gasteiger partial charge is 0.262 e. The summed E-state index contributed by atoms with van der Waals surface area (Å²) in [5.41, 5.74) is 6.08. The van der Waals surface area contributed by atoms with E-state index < -0.39 is 5.78 Å². The van der Waals surface area contributed by atoms with E-state index in [2.05, 4.69) is 20.9 Å². The van der Waals surface area contributed by atoms with E-state index in [4.69, 9.17) is 15.7 Å². The first-order chi connectivity index (χ1) is 13.4. The summed E-state index contributed by atoms with van der Waals surface area (Å²) in [5.74, 6) is -0.421. The summed E-state index contributed by atoms with van der Waals surface area (Å²) in [6.07, 6.45) is 0.641. The number of rotatable bonds is 9. The average Bonchev–Trinajstić information content (AvgIpc) is 2.66. The topological polar surface area (TPSA) is 111 Å². The van der Waals surface area contributed by atoms with Crippen molar-refractivity contribution in [1.82, 2.24) is 9.55 Å². The molecule has 1 aromatic heterocycles. The standard InChI is InChI=1S/C19H21BrN4O3S/c1-3-27-8-4-7-24-18(26)14-9-13(20)5-6-16(14)23-19(24)28-11-17(25)15(10-21)12(2)22/h5-6,9H,3-4,7-8,11,22H2,1-2H3/b15-12+. The van der Waals surface area contributed by atoms with Gasteiger partial charge in [0.05, 0.1) is 16.7 Å². The number of ether oxygens (including phenoxy) is 1. The summed E-state index contributed by atoms with van der Waals surface area (Å²) in [5, 5.41) is 10.0. The van der Waals surface area contributed by atoms with Crippen LogP contribution in [0.1, 0.15) is 20.3 Å². The lowest BCUT2D eigenvalue weighted by molar-refractivity contribution is -0.112. The number of Topliss-reactive ketones (excluding diaryl/α,β-unsaturated/α-hetero) is 1. The summed E-state index contributed by atoms with van der Waals surface area (Å²) in [4.78, 5) is 29.8. The first kappa shape index (κ1) is 22.1. The van der Waals surface area contributed by atoms with Crippen molar-refractivity contribution in [3.05, 3.63) is 44.3 Å². The first-order valence-corrected chi connectivity index (χ1v) is 10.5. The van der Waals surface area contributed by atoms with E-state index in [0.29, 0.717) is 42.2 Å². The highest BCUT2D eigenvalue weighted by atomic mass is 79.9. The number of fused-ring (bicyclic) bond motifs is 1. The van der Waals surface area contributed by atoms with Gasteiger partial charge in [0, 0.05) is 29.9 Å². The molecule has 0 aliphatic carbocycles. The predicted molar refractivity (Wildman–Crippen MR) is 113 cm³/mol. The van der Waals surface area contributed by atoms with Gasteiger partial charge in [0.1, 0.15) is 11.6 Å². The van der Waals surface area contributed by atoms with E-state index >= 15 is 0 Å². The number of carbonyl (C=O) groups is 1. The quantitative estimate of drug-likeness (QED) is 0.199. The van der Waals surface area contributed by atoms with Crippen molar-refractivity contribution in [2.24, 2.45) is 5.73 Å². The van der Waals surface area contributed by atoms with E-state index in [-0.39, 0.29) is 22.6 Å². The molecule has 28 heavy (non-hydrogen) atoms. The number of hydrogen-bond donors (Lipinski definition) is 1. The van der Waals surface area contributed by atoms with Gasteiger partial charge in [-0.15, -0.1) is 0 Å². The van der Waals surface area contributed by atoms with Gasteiger partial charge in [-0.1, -0.05) is 27.7 Å². The van der Waals surface area contributed by atoms with Gasteiger partial charge in [0.2, 0.25) is 0 Å². The number of carbonyl (C=O) groups excluding carboxylic acids is 1. The normalized spacial score (nSPS) is 11.9. The van der Waals surface area contributed by atoms with Gasteiger partial charge in [-0.05, 0) is 38.5 Å². The number of thioether (sulfide) groups is 1. The second-order valence-electron chi connectivity index (χ2n) is 5.94. The molecule has 0 saturated heterocycles. The summed E-state index contributed by atoms with van der Waals surface area (Å²) in [6.45, 7) is 4.97. The number of allylic oxidation sites excluding steroid dienone is 2. The fraction of sp³-hybridized carbons (Fsp3) is 0.368. The lowest BCUT2D eigenvalue weighted by atomic mass is 10.2. The molecule has 0 amide bonds. The third-order valence-electron chi connectivity index (χ3n) is 3.87. The first-order valence-electron chi connectivity index (χ1n) is 8.69. The minimum absolute atomic E-state index is 0.0304. The largest absolute Gasteiger partial charge is 0.401 e. The number of benzene rings is 1. The summed E-state index contributed by atoms with van der Waals surface area (Å²) < 4.78 is 7.69. The summed E-state index contributed by atoms with van der Waals surface area (Å²) in [7, 11) is 0. The van der Waals surface area contributed by atoms with Gasteiger partial charge in [0.25, 0.3) is 5.56 Å². The highest BCUT2D eigenvalue weighted by Crippen LogP contribution is 2.21. The molecule has 0 fully saturated rings. The van der Waals surface area contributed by atoms with Crippen LogP contribution in [-0.2, 0) is 16.1 Å². The van der Waals surface area contributed by atoms with E-state index in [1.807, 2.05) is 19.1 Å². The Balaban J connectivity index is 2.38. The van der Waals surface area contributed by atoms with Gasteiger partial charge >= 0.3 is 0 Å². The summed E-state index contributed by atoms with van der Waals surface area (Å²) >= 11 is 4.50. The zero-order valence-corrected chi connectivity index (χ0v) is 18.1. The Labute approximate surface area is 175 Å².